The number of aromatic nitrogens is 4. The largest absolute Gasteiger partial charge is 0.513 e. The number of para-hydroxylation sites is 1. The van der Waals surface area contributed by atoms with E-state index in [0.717, 1.165) is 52.9 Å². The Kier molecular flexibility index (Phi) is 7.37. The number of hydrogen-bond donors (Lipinski definition) is 0. The monoisotopic (exact) mass is 460 g/mol. The standard InChI is InChI=1S/C26H28N4O4/c1-4-6-11-23-28-21-16-27-25(33-5-2)29-24(21)30(23)17-18-12-14-19(15-13-18)20-9-7-8-10-22(20)34-26(31)32-3/h7-10,12-16H,4-6,11,17H2,1-3H3. The predicted molar refractivity (Wildman–Crippen MR) is 129 cm³/mol. The van der Waals surface area contributed by atoms with Crippen LogP contribution in [0.2, 0.25) is 0 Å². The zero-order chi connectivity index (χ0) is 23.9. The zero-order valence-corrected chi connectivity index (χ0v) is 19.7. The number of nitrogens with zero attached hydrogens (tertiary/aromatic N) is 4. The van der Waals surface area contributed by atoms with Crippen LogP contribution in [0.4, 0.5) is 4.79 Å². The quantitative estimate of drug-likeness (QED) is 0.243. The van der Waals surface area contributed by atoms with E-state index in [1.165, 1.54) is 7.11 Å². The molecule has 0 saturated carbocycles. The molecule has 0 radical (unpaired) electrons. The van der Waals surface area contributed by atoms with Gasteiger partial charge >= 0.3 is 12.2 Å². The highest BCUT2D eigenvalue weighted by molar-refractivity contribution is 5.75. The van der Waals surface area contributed by atoms with Gasteiger partial charge in [-0.15, -0.1) is 0 Å². The van der Waals surface area contributed by atoms with Crippen molar-refractivity contribution in [3.8, 4) is 22.9 Å². The first-order valence-corrected chi connectivity index (χ1v) is 11.4. The molecule has 0 saturated heterocycles. The fourth-order valence-electron chi connectivity index (χ4n) is 3.74. The van der Waals surface area contributed by atoms with Gasteiger partial charge in [0, 0.05) is 12.0 Å². The van der Waals surface area contributed by atoms with Gasteiger partial charge in [-0.25, -0.2) is 14.8 Å². The van der Waals surface area contributed by atoms with Crippen LogP contribution < -0.4 is 9.47 Å². The van der Waals surface area contributed by atoms with Gasteiger partial charge in [0.15, 0.2) is 5.65 Å². The third kappa shape index (κ3) is 5.17. The molecule has 2 heterocycles. The van der Waals surface area contributed by atoms with E-state index in [2.05, 4.69) is 38.3 Å². The summed E-state index contributed by atoms with van der Waals surface area (Å²) in [6.45, 7) is 5.21. The maximum absolute atomic E-state index is 11.6. The highest BCUT2D eigenvalue weighted by Gasteiger charge is 2.15. The van der Waals surface area contributed by atoms with E-state index in [0.29, 0.717) is 24.9 Å². The van der Waals surface area contributed by atoms with Gasteiger partial charge in [0.05, 0.1) is 26.5 Å². The second-order valence-electron chi connectivity index (χ2n) is 7.76. The topological polar surface area (TPSA) is 88.4 Å². The average molecular weight is 461 g/mol. The number of imidazole rings is 1. The predicted octanol–water partition coefficient (Wildman–Crippen LogP) is 5.43. The summed E-state index contributed by atoms with van der Waals surface area (Å²) in [4.78, 5) is 25.3. The van der Waals surface area contributed by atoms with Crippen molar-refractivity contribution in [3.05, 3.63) is 66.1 Å². The van der Waals surface area contributed by atoms with Crippen molar-refractivity contribution >= 4 is 17.3 Å². The number of fused-ring (bicyclic) bond motifs is 1. The van der Waals surface area contributed by atoms with Crippen molar-refractivity contribution in [1.29, 1.82) is 0 Å². The fraction of sp³-hybridized carbons (Fsp3) is 0.308. The van der Waals surface area contributed by atoms with E-state index in [4.69, 9.17) is 14.5 Å². The lowest BCUT2D eigenvalue weighted by atomic mass is 10.0. The smallest absolute Gasteiger partial charge is 0.464 e. The van der Waals surface area contributed by atoms with Crippen LogP contribution in [-0.4, -0.2) is 39.4 Å². The summed E-state index contributed by atoms with van der Waals surface area (Å²) in [6, 6.07) is 15.9. The van der Waals surface area contributed by atoms with Gasteiger partial charge in [-0.3, -0.25) is 0 Å². The maximum Gasteiger partial charge on any atom is 0.513 e. The Hall–Kier alpha value is -3.94. The molecular weight excluding hydrogens is 432 g/mol. The molecule has 4 rings (SSSR count). The number of benzene rings is 2. The molecule has 2 aromatic heterocycles. The lowest BCUT2D eigenvalue weighted by molar-refractivity contribution is 0.121. The molecule has 0 aliphatic rings. The van der Waals surface area contributed by atoms with Gasteiger partial charge < -0.3 is 18.8 Å². The van der Waals surface area contributed by atoms with Crippen molar-refractivity contribution in [2.75, 3.05) is 13.7 Å². The molecule has 0 spiro atoms. The van der Waals surface area contributed by atoms with Gasteiger partial charge in [0.25, 0.3) is 0 Å². The first kappa shape index (κ1) is 23.2. The van der Waals surface area contributed by atoms with Crippen LogP contribution in [0, 0.1) is 0 Å². The molecular formula is C26H28N4O4. The van der Waals surface area contributed by atoms with Crippen LogP contribution >= 0.6 is 0 Å². The number of rotatable bonds is 9. The van der Waals surface area contributed by atoms with E-state index in [-0.39, 0.29) is 0 Å². The maximum atomic E-state index is 11.6. The van der Waals surface area contributed by atoms with Crippen molar-refractivity contribution in [2.24, 2.45) is 0 Å². The zero-order valence-electron chi connectivity index (χ0n) is 19.7. The Bertz CT molecular complexity index is 1270. The van der Waals surface area contributed by atoms with Crippen LogP contribution in [0.25, 0.3) is 22.3 Å². The number of ether oxygens (including phenoxy) is 3. The molecule has 0 N–H and O–H groups in total. The number of methoxy groups -OCH3 is 1. The molecule has 0 fully saturated rings. The third-order valence-electron chi connectivity index (χ3n) is 5.42. The van der Waals surface area contributed by atoms with Crippen LogP contribution in [0.1, 0.15) is 38.1 Å². The molecule has 0 atom stereocenters. The average Bonchev–Trinajstić information content (AvgIpc) is 3.20. The molecule has 0 amide bonds. The van der Waals surface area contributed by atoms with Crippen LogP contribution in [0.5, 0.6) is 11.8 Å². The normalized spacial score (nSPS) is 10.9. The SMILES string of the molecule is CCCCc1nc2cnc(OCC)nc2n1Cc1ccc(-c2ccccc2OC(=O)OC)cc1. The summed E-state index contributed by atoms with van der Waals surface area (Å²) >= 11 is 0. The second-order valence-corrected chi connectivity index (χ2v) is 7.76. The number of hydrogen-bond acceptors (Lipinski definition) is 7. The Labute approximate surface area is 198 Å². The van der Waals surface area contributed by atoms with E-state index in [9.17, 15) is 4.79 Å². The molecule has 176 valence electrons. The van der Waals surface area contributed by atoms with Crippen LogP contribution in [0.15, 0.2) is 54.7 Å². The van der Waals surface area contributed by atoms with Gasteiger partial charge in [-0.2, -0.15) is 4.98 Å². The number of carbonyl (C=O) groups is 1. The van der Waals surface area contributed by atoms with E-state index in [1.807, 2.05) is 37.3 Å². The molecule has 0 bridgehead atoms. The van der Waals surface area contributed by atoms with E-state index < -0.39 is 6.16 Å². The molecule has 34 heavy (non-hydrogen) atoms. The van der Waals surface area contributed by atoms with Crippen molar-refractivity contribution < 1.29 is 19.0 Å². The van der Waals surface area contributed by atoms with Crippen LogP contribution in [-0.2, 0) is 17.7 Å². The lowest BCUT2D eigenvalue weighted by Gasteiger charge is -2.12. The number of carbonyl (C=O) groups excluding carboxylic acids is 1. The number of aryl methyl sites for hydroxylation is 1. The molecule has 0 unspecified atom stereocenters. The van der Waals surface area contributed by atoms with Crippen LogP contribution in [0.3, 0.4) is 0 Å². The summed E-state index contributed by atoms with van der Waals surface area (Å²) < 4.78 is 17.6. The van der Waals surface area contributed by atoms with E-state index in [1.54, 1.807) is 12.3 Å². The van der Waals surface area contributed by atoms with Crippen molar-refractivity contribution in [1.82, 2.24) is 19.5 Å². The summed E-state index contributed by atoms with van der Waals surface area (Å²) in [5.74, 6) is 1.44. The van der Waals surface area contributed by atoms with E-state index >= 15 is 0 Å². The Morgan fingerprint density at radius 3 is 2.56 bits per heavy atom. The highest BCUT2D eigenvalue weighted by atomic mass is 16.7. The Morgan fingerprint density at radius 2 is 1.82 bits per heavy atom. The summed E-state index contributed by atoms with van der Waals surface area (Å²) in [6.07, 6.45) is 3.98. The summed E-state index contributed by atoms with van der Waals surface area (Å²) in [5, 5.41) is 0. The van der Waals surface area contributed by atoms with Crippen molar-refractivity contribution in [3.63, 3.8) is 0 Å². The first-order valence-electron chi connectivity index (χ1n) is 11.4. The minimum absolute atomic E-state index is 0.357. The molecule has 4 aromatic rings. The molecule has 8 heteroatoms. The van der Waals surface area contributed by atoms with Gasteiger partial charge in [-0.05, 0) is 30.5 Å². The van der Waals surface area contributed by atoms with Gasteiger partial charge in [-0.1, -0.05) is 55.8 Å². The molecule has 0 aliphatic carbocycles. The lowest BCUT2D eigenvalue weighted by Crippen LogP contribution is -2.08. The molecule has 8 nitrogen and oxygen atoms in total. The van der Waals surface area contributed by atoms with Gasteiger partial charge in [0.1, 0.15) is 17.1 Å². The van der Waals surface area contributed by atoms with Crippen molar-refractivity contribution in [2.45, 2.75) is 39.7 Å². The Balaban J connectivity index is 1.64. The fourth-order valence-corrected chi connectivity index (χ4v) is 3.74. The van der Waals surface area contributed by atoms with Gasteiger partial charge in [0.2, 0.25) is 0 Å². The molecule has 0 aliphatic heterocycles. The number of unbranched alkanes of at least 4 members (excludes halogenated alkanes) is 1. The first-order chi connectivity index (χ1) is 16.6. The third-order valence-corrected chi connectivity index (χ3v) is 5.42. The minimum Gasteiger partial charge on any atom is -0.464 e. The highest BCUT2D eigenvalue weighted by Crippen LogP contribution is 2.30. The second kappa shape index (κ2) is 10.8. The summed E-state index contributed by atoms with van der Waals surface area (Å²) in [7, 11) is 1.29. The summed E-state index contributed by atoms with van der Waals surface area (Å²) in [5.41, 5.74) is 4.38. The Morgan fingerprint density at radius 1 is 1.03 bits per heavy atom. The molecule has 2 aromatic carbocycles. The minimum atomic E-state index is -0.746.